The Labute approximate surface area is 119 Å². The molecule has 1 aliphatic heterocycles. The molecule has 3 rings (SSSR count). The number of rotatable bonds is 2. The van der Waals surface area contributed by atoms with Crippen LogP contribution in [-0.2, 0) is 0 Å². The molecule has 0 amide bonds. The van der Waals surface area contributed by atoms with Gasteiger partial charge < -0.3 is 0 Å². The first-order valence-corrected chi connectivity index (χ1v) is 19.0. The molecule has 0 aromatic heterocycles. The summed E-state index contributed by atoms with van der Waals surface area (Å²) >= 11 is -1.75. The second-order valence-electron chi connectivity index (χ2n) is 3.42. The summed E-state index contributed by atoms with van der Waals surface area (Å²) < 4.78 is 3.21. The Bertz CT molecular complexity index is 432. The van der Waals surface area contributed by atoms with E-state index in [0.717, 1.165) is 0 Å². The fraction of sp³-hybridized carbons (Fsp3) is 0. The van der Waals surface area contributed by atoms with Crippen molar-refractivity contribution < 1.29 is 0 Å². The summed E-state index contributed by atoms with van der Waals surface area (Å²) in [6.45, 7) is 0. The Kier molecular flexibility index (Phi) is 4.58. The van der Waals surface area contributed by atoms with Crippen molar-refractivity contribution in [1.29, 1.82) is 0 Å². The van der Waals surface area contributed by atoms with Crippen LogP contribution in [0.2, 0.25) is 0 Å². The molecule has 2 aromatic carbocycles. The first kappa shape index (κ1) is 12.6. The van der Waals surface area contributed by atoms with Crippen LogP contribution in [0.15, 0.2) is 60.7 Å². The zero-order valence-electron chi connectivity index (χ0n) is 8.89. The van der Waals surface area contributed by atoms with Crippen molar-refractivity contribution in [2.75, 3.05) is 0 Å². The van der Waals surface area contributed by atoms with Crippen LogP contribution in [0, 0.1) is 0 Å². The van der Waals surface area contributed by atoms with E-state index in [9.17, 15) is 0 Å². The number of hydrogen-bond acceptors (Lipinski definition) is 3. The van der Waals surface area contributed by atoms with Gasteiger partial charge in [-0.05, 0) is 0 Å². The van der Waals surface area contributed by atoms with Crippen LogP contribution in [0.1, 0.15) is 0 Å². The molecule has 1 fully saturated rings. The van der Waals surface area contributed by atoms with Crippen LogP contribution < -0.4 is 8.70 Å². The summed E-state index contributed by atoms with van der Waals surface area (Å²) in [5.74, 6) is 0. The predicted octanol–water partition coefficient (Wildman–Crippen LogP) is 2.91. The molecule has 2 atom stereocenters. The molecular formula is C12H10As2S3. The van der Waals surface area contributed by atoms with Crippen molar-refractivity contribution in [3.63, 3.8) is 0 Å². The summed E-state index contributed by atoms with van der Waals surface area (Å²) in [5, 5.41) is 0. The second-order valence-corrected chi connectivity index (χ2v) is 31.1. The number of hydrogen-bond donors (Lipinski definition) is 0. The van der Waals surface area contributed by atoms with Gasteiger partial charge in [0.1, 0.15) is 0 Å². The van der Waals surface area contributed by atoms with Gasteiger partial charge in [-0.1, -0.05) is 0 Å². The zero-order chi connectivity index (χ0) is 11.5. The van der Waals surface area contributed by atoms with E-state index >= 15 is 0 Å². The molecule has 0 saturated carbocycles. The van der Waals surface area contributed by atoms with Gasteiger partial charge in [0.2, 0.25) is 0 Å². The van der Waals surface area contributed by atoms with Crippen molar-refractivity contribution in [3.8, 4) is 0 Å². The second kappa shape index (κ2) is 6.17. The van der Waals surface area contributed by atoms with E-state index in [1.165, 1.54) is 0 Å². The van der Waals surface area contributed by atoms with E-state index in [0.29, 0.717) is 0 Å². The van der Waals surface area contributed by atoms with Crippen molar-refractivity contribution in [2.24, 2.45) is 0 Å². The average Bonchev–Trinajstić information content (AvgIpc) is 2.90. The minimum absolute atomic E-state index is 0.877. The van der Waals surface area contributed by atoms with Crippen LogP contribution in [-0.4, -0.2) is 24.7 Å². The molecule has 0 N–H and O–H groups in total. The van der Waals surface area contributed by atoms with Crippen LogP contribution >= 0.6 is 26.4 Å². The summed E-state index contributed by atoms with van der Waals surface area (Å²) in [6, 6.07) is 22.2. The molecule has 2 unspecified atom stereocenters. The Balaban J connectivity index is 1.75. The zero-order valence-corrected chi connectivity index (χ0v) is 15.1. The molecule has 2 aromatic rings. The molecule has 1 saturated heterocycles. The van der Waals surface area contributed by atoms with Gasteiger partial charge >= 0.3 is 120 Å². The standard InChI is InChI=1S/C12H10As2S3/c1-3-7-11(8-4-1)13-15-14(17-16-13)12-9-5-2-6-10-12/h1-10H. The first-order valence-electron chi connectivity index (χ1n) is 5.17. The Morgan fingerprint density at radius 2 is 1.00 bits per heavy atom. The van der Waals surface area contributed by atoms with Gasteiger partial charge in [-0.15, -0.1) is 0 Å². The quantitative estimate of drug-likeness (QED) is 0.562. The van der Waals surface area contributed by atoms with Gasteiger partial charge in [0.05, 0.1) is 0 Å². The van der Waals surface area contributed by atoms with Crippen molar-refractivity contribution in [1.82, 2.24) is 0 Å². The maximum atomic E-state index is 2.33. The maximum absolute atomic E-state index is 2.33. The van der Waals surface area contributed by atoms with Gasteiger partial charge in [0, 0.05) is 0 Å². The summed E-state index contributed by atoms with van der Waals surface area (Å²) in [4.78, 5) is 0. The normalized spacial score (nSPS) is 23.8. The fourth-order valence-electron chi connectivity index (χ4n) is 1.43. The Morgan fingerprint density at radius 1 is 0.588 bits per heavy atom. The monoisotopic (exact) mass is 400 g/mol. The summed E-state index contributed by atoms with van der Waals surface area (Å²) in [5.41, 5.74) is 0. The fourth-order valence-corrected chi connectivity index (χ4v) is 84.5. The molecule has 0 nitrogen and oxygen atoms in total. The molecule has 1 heterocycles. The van der Waals surface area contributed by atoms with E-state index in [4.69, 9.17) is 0 Å². The first-order chi connectivity index (χ1) is 8.43. The van der Waals surface area contributed by atoms with Crippen molar-refractivity contribution in [3.05, 3.63) is 60.7 Å². The summed E-state index contributed by atoms with van der Waals surface area (Å²) in [6.07, 6.45) is 0. The van der Waals surface area contributed by atoms with Gasteiger partial charge in [-0.25, -0.2) is 0 Å². The van der Waals surface area contributed by atoms with Gasteiger partial charge in [0.15, 0.2) is 0 Å². The van der Waals surface area contributed by atoms with Crippen LogP contribution in [0.3, 0.4) is 0 Å². The Morgan fingerprint density at radius 3 is 1.41 bits per heavy atom. The Hall–Kier alpha value is 0.607. The molecular weight excluding hydrogens is 390 g/mol. The average molecular weight is 400 g/mol. The van der Waals surface area contributed by atoms with E-state index in [1.54, 1.807) is 8.70 Å². The molecule has 86 valence electrons. The van der Waals surface area contributed by atoms with E-state index < -0.39 is 24.7 Å². The summed E-state index contributed by atoms with van der Waals surface area (Å²) in [7, 11) is 6.71. The van der Waals surface area contributed by atoms with Crippen LogP contribution in [0.25, 0.3) is 0 Å². The molecule has 1 aliphatic rings. The van der Waals surface area contributed by atoms with Gasteiger partial charge in [0.25, 0.3) is 0 Å². The topological polar surface area (TPSA) is 0 Å². The predicted molar refractivity (Wildman–Crippen MR) is 86.4 cm³/mol. The molecule has 0 spiro atoms. The van der Waals surface area contributed by atoms with E-state index in [-0.39, 0.29) is 0 Å². The van der Waals surface area contributed by atoms with E-state index in [2.05, 4.69) is 87.1 Å². The van der Waals surface area contributed by atoms with E-state index in [1.807, 2.05) is 0 Å². The van der Waals surface area contributed by atoms with Crippen LogP contribution in [0.4, 0.5) is 0 Å². The third-order valence-electron chi connectivity index (χ3n) is 2.25. The van der Waals surface area contributed by atoms with Gasteiger partial charge in [-0.3, -0.25) is 0 Å². The third kappa shape index (κ3) is 3.14. The molecule has 17 heavy (non-hydrogen) atoms. The molecule has 0 aliphatic carbocycles. The molecule has 0 radical (unpaired) electrons. The minimum atomic E-state index is -0.877. The van der Waals surface area contributed by atoms with Crippen molar-refractivity contribution in [2.45, 2.75) is 0 Å². The van der Waals surface area contributed by atoms with Gasteiger partial charge in [-0.2, -0.15) is 0 Å². The SMILES string of the molecule is c1ccc([As]2SS[As](c3ccccc3)S2)cc1. The molecule has 0 bridgehead atoms. The van der Waals surface area contributed by atoms with Crippen molar-refractivity contribution >= 4 is 59.8 Å². The van der Waals surface area contributed by atoms with Crippen LogP contribution in [0.5, 0.6) is 0 Å². The third-order valence-corrected chi connectivity index (χ3v) is 52.3. The molecule has 5 heteroatoms. The number of benzene rings is 2.